The fourth-order valence-electron chi connectivity index (χ4n) is 2.89. The van der Waals surface area contributed by atoms with Crippen molar-refractivity contribution in [3.8, 4) is 28.5 Å². The van der Waals surface area contributed by atoms with Crippen molar-refractivity contribution < 1.29 is 23.8 Å². The number of rotatable bonds is 7. The minimum Gasteiger partial charge on any atom is -0.493 e. The van der Waals surface area contributed by atoms with E-state index in [1.165, 1.54) is 21.3 Å². The van der Waals surface area contributed by atoms with Gasteiger partial charge in [-0.3, -0.25) is 9.59 Å². The highest BCUT2D eigenvalue weighted by Crippen LogP contribution is 2.38. The quantitative estimate of drug-likeness (QED) is 0.620. The molecule has 0 unspecified atom stereocenters. The van der Waals surface area contributed by atoms with Gasteiger partial charge >= 0.3 is 0 Å². The maximum atomic E-state index is 13.0. The molecule has 0 atom stereocenters. The number of pyridine rings is 1. The number of hydrogen-bond acceptors (Lipinski definition) is 6. The van der Waals surface area contributed by atoms with Gasteiger partial charge in [0.2, 0.25) is 17.4 Å². The number of hydrogen-bond donors (Lipinski definition) is 1. The number of amides is 1. The molecular weight excluding hydrogens is 372 g/mol. The second kappa shape index (κ2) is 8.43. The molecule has 1 heterocycles. The lowest BCUT2D eigenvalue weighted by Gasteiger charge is -2.13. The zero-order valence-electron chi connectivity index (χ0n) is 16.3. The Morgan fingerprint density at radius 3 is 1.97 bits per heavy atom. The Balaban J connectivity index is 1.98. The highest BCUT2D eigenvalue weighted by Gasteiger charge is 2.19. The molecule has 0 saturated heterocycles. The van der Waals surface area contributed by atoms with Crippen LogP contribution in [-0.2, 0) is 0 Å². The molecule has 29 heavy (non-hydrogen) atoms. The summed E-state index contributed by atoms with van der Waals surface area (Å²) in [5.74, 6) is 0.375. The van der Waals surface area contributed by atoms with Gasteiger partial charge in [-0.1, -0.05) is 18.2 Å². The molecule has 0 aliphatic carbocycles. The van der Waals surface area contributed by atoms with Crippen LogP contribution in [0, 0.1) is 0 Å². The molecule has 0 aliphatic heterocycles. The molecule has 1 amide bonds. The molecule has 2 N–H and O–H groups in total. The summed E-state index contributed by atoms with van der Waals surface area (Å²) in [5.41, 5.74) is 7.64. The number of carbonyl (C=O) groups is 2. The SMILES string of the molecule is COc1cc(C(=O)c2cccc(-c3ccc(C(N)=O)cc3)n2)cc(OC)c1OC. The van der Waals surface area contributed by atoms with Gasteiger partial charge in [-0.05, 0) is 36.4 Å². The summed E-state index contributed by atoms with van der Waals surface area (Å²) in [4.78, 5) is 28.7. The number of primary amides is 1. The number of aromatic nitrogens is 1. The van der Waals surface area contributed by atoms with E-state index in [-0.39, 0.29) is 11.5 Å². The topological polar surface area (TPSA) is 101 Å². The summed E-state index contributed by atoms with van der Waals surface area (Å²) in [6.07, 6.45) is 0. The van der Waals surface area contributed by atoms with Crippen LogP contribution in [0.3, 0.4) is 0 Å². The van der Waals surface area contributed by atoms with Gasteiger partial charge in [0.05, 0.1) is 27.0 Å². The first-order chi connectivity index (χ1) is 14.0. The van der Waals surface area contributed by atoms with Crippen LogP contribution < -0.4 is 19.9 Å². The number of nitrogens with zero attached hydrogens (tertiary/aromatic N) is 1. The van der Waals surface area contributed by atoms with Gasteiger partial charge in [-0.25, -0.2) is 4.98 Å². The van der Waals surface area contributed by atoms with Gasteiger partial charge in [-0.2, -0.15) is 0 Å². The van der Waals surface area contributed by atoms with Crippen LogP contribution in [0.25, 0.3) is 11.3 Å². The zero-order chi connectivity index (χ0) is 21.0. The van der Waals surface area contributed by atoms with Crippen LogP contribution in [-0.4, -0.2) is 38.0 Å². The Bertz CT molecular complexity index is 1040. The Labute approximate surface area is 168 Å². The molecule has 0 radical (unpaired) electrons. The summed E-state index contributed by atoms with van der Waals surface area (Å²) in [6.45, 7) is 0. The zero-order valence-corrected chi connectivity index (χ0v) is 16.3. The van der Waals surface area contributed by atoms with Crippen LogP contribution in [0.5, 0.6) is 17.2 Å². The summed E-state index contributed by atoms with van der Waals surface area (Å²) >= 11 is 0. The Morgan fingerprint density at radius 1 is 0.828 bits per heavy atom. The van der Waals surface area contributed by atoms with E-state index < -0.39 is 5.91 Å². The van der Waals surface area contributed by atoms with E-state index in [1.54, 1.807) is 54.6 Å². The third kappa shape index (κ3) is 4.03. The van der Waals surface area contributed by atoms with Crippen molar-refractivity contribution in [2.75, 3.05) is 21.3 Å². The summed E-state index contributed by atoms with van der Waals surface area (Å²) in [7, 11) is 4.47. The van der Waals surface area contributed by atoms with Crippen LogP contribution in [0.1, 0.15) is 26.4 Å². The van der Waals surface area contributed by atoms with Crippen molar-refractivity contribution in [3.05, 3.63) is 71.4 Å². The highest BCUT2D eigenvalue weighted by atomic mass is 16.5. The maximum Gasteiger partial charge on any atom is 0.248 e. The minimum absolute atomic E-state index is 0.260. The van der Waals surface area contributed by atoms with E-state index >= 15 is 0 Å². The van der Waals surface area contributed by atoms with E-state index in [1.807, 2.05) is 0 Å². The number of benzene rings is 2. The van der Waals surface area contributed by atoms with Crippen molar-refractivity contribution in [2.45, 2.75) is 0 Å². The number of carbonyl (C=O) groups excluding carboxylic acids is 2. The average Bonchev–Trinajstić information content (AvgIpc) is 2.77. The van der Waals surface area contributed by atoms with Gasteiger partial charge in [0.25, 0.3) is 0 Å². The Hall–Kier alpha value is -3.87. The standard InChI is InChI=1S/C22H20N2O5/c1-27-18-11-15(12-19(28-2)21(18)29-3)20(25)17-6-4-5-16(24-17)13-7-9-14(10-8-13)22(23)26/h4-12H,1-3H3,(H2,23,26). The summed E-state index contributed by atoms with van der Waals surface area (Å²) in [6, 6.07) is 15.0. The van der Waals surface area contributed by atoms with Crippen molar-refractivity contribution in [2.24, 2.45) is 5.73 Å². The van der Waals surface area contributed by atoms with Gasteiger partial charge in [0.1, 0.15) is 5.69 Å². The number of methoxy groups -OCH3 is 3. The minimum atomic E-state index is -0.504. The lowest BCUT2D eigenvalue weighted by Crippen LogP contribution is -2.10. The predicted molar refractivity (Wildman–Crippen MR) is 108 cm³/mol. The van der Waals surface area contributed by atoms with Crippen molar-refractivity contribution in [1.29, 1.82) is 0 Å². The molecular formula is C22H20N2O5. The van der Waals surface area contributed by atoms with E-state index in [9.17, 15) is 9.59 Å². The van der Waals surface area contributed by atoms with Gasteiger partial charge < -0.3 is 19.9 Å². The number of nitrogens with two attached hydrogens (primary N) is 1. The smallest absolute Gasteiger partial charge is 0.248 e. The molecule has 0 spiro atoms. The van der Waals surface area contributed by atoms with E-state index in [2.05, 4.69) is 4.98 Å². The molecule has 3 aromatic rings. The summed E-state index contributed by atoms with van der Waals surface area (Å²) in [5, 5.41) is 0. The third-order valence-electron chi connectivity index (χ3n) is 4.37. The van der Waals surface area contributed by atoms with Crippen molar-refractivity contribution in [3.63, 3.8) is 0 Å². The molecule has 0 bridgehead atoms. The lowest BCUT2D eigenvalue weighted by molar-refractivity contribution is 0.0998. The van der Waals surface area contributed by atoms with Crippen LogP contribution in [0.2, 0.25) is 0 Å². The number of ether oxygens (including phenoxy) is 3. The van der Waals surface area contributed by atoms with Gasteiger partial charge in [0.15, 0.2) is 11.5 Å². The molecule has 2 aromatic carbocycles. The van der Waals surface area contributed by atoms with E-state index in [0.717, 1.165) is 5.56 Å². The van der Waals surface area contributed by atoms with E-state index in [4.69, 9.17) is 19.9 Å². The Morgan fingerprint density at radius 2 is 1.45 bits per heavy atom. The van der Waals surface area contributed by atoms with E-state index in [0.29, 0.717) is 34.1 Å². The number of ketones is 1. The first-order valence-electron chi connectivity index (χ1n) is 8.70. The molecule has 7 heteroatoms. The lowest BCUT2D eigenvalue weighted by atomic mass is 10.0. The fourth-order valence-corrected chi connectivity index (χ4v) is 2.89. The second-order valence-corrected chi connectivity index (χ2v) is 6.09. The molecule has 0 fully saturated rings. The fraction of sp³-hybridized carbons (Fsp3) is 0.136. The van der Waals surface area contributed by atoms with Crippen LogP contribution in [0.15, 0.2) is 54.6 Å². The van der Waals surface area contributed by atoms with Gasteiger partial charge in [-0.15, -0.1) is 0 Å². The molecule has 3 rings (SSSR count). The first kappa shape index (κ1) is 19.9. The molecule has 148 valence electrons. The van der Waals surface area contributed by atoms with Crippen molar-refractivity contribution in [1.82, 2.24) is 4.98 Å². The highest BCUT2D eigenvalue weighted by molar-refractivity contribution is 6.08. The predicted octanol–water partition coefficient (Wildman–Crippen LogP) is 3.10. The van der Waals surface area contributed by atoms with Gasteiger partial charge in [0, 0.05) is 16.7 Å². The monoisotopic (exact) mass is 392 g/mol. The largest absolute Gasteiger partial charge is 0.493 e. The normalized spacial score (nSPS) is 10.3. The Kier molecular flexibility index (Phi) is 5.78. The average molecular weight is 392 g/mol. The molecule has 0 saturated carbocycles. The second-order valence-electron chi connectivity index (χ2n) is 6.09. The summed E-state index contributed by atoms with van der Waals surface area (Å²) < 4.78 is 15.9. The first-order valence-corrected chi connectivity index (χ1v) is 8.70. The maximum absolute atomic E-state index is 13.0. The molecule has 0 aliphatic rings. The van der Waals surface area contributed by atoms with Crippen LogP contribution >= 0.6 is 0 Å². The molecule has 7 nitrogen and oxygen atoms in total. The third-order valence-corrected chi connectivity index (χ3v) is 4.37. The van der Waals surface area contributed by atoms with Crippen LogP contribution in [0.4, 0.5) is 0 Å². The molecule has 1 aromatic heterocycles. The van der Waals surface area contributed by atoms with Crippen molar-refractivity contribution >= 4 is 11.7 Å².